The number of carboxylic acids is 1. The molecule has 0 saturated heterocycles. The van der Waals surface area contributed by atoms with Crippen molar-refractivity contribution in [3.63, 3.8) is 0 Å². The van der Waals surface area contributed by atoms with Crippen LogP contribution in [0.3, 0.4) is 0 Å². The molecule has 4 nitrogen and oxygen atoms in total. The summed E-state index contributed by atoms with van der Waals surface area (Å²) in [5.41, 5.74) is 0.930. The number of carbonyl (C=O) groups is 1. The van der Waals surface area contributed by atoms with Gasteiger partial charge in [0.1, 0.15) is 16.5 Å². The molecule has 0 aliphatic carbocycles. The average Bonchev–Trinajstić information content (AvgIpc) is 3.13. The minimum Gasteiger partial charge on any atom is -0.476 e. The van der Waals surface area contributed by atoms with Crippen molar-refractivity contribution in [2.75, 3.05) is 0 Å². The molecule has 0 unspecified atom stereocenters. The van der Waals surface area contributed by atoms with Crippen molar-refractivity contribution in [3.05, 3.63) is 77.8 Å². The van der Waals surface area contributed by atoms with Crippen molar-refractivity contribution < 1.29 is 14.6 Å². The molecular formula is C20H13NO3S. The van der Waals surface area contributed by atoms with Crippen LogP contribution in [-0.2, 0) is 0 Å². The van der Waals surface area contributed by atoms with E-state index in [4.69, 9.17) is 9.84 Å². The van der Waals surface area contributed by atoms with E-state index in [-0.39, 0.29) is 5.69 Å². The van der Waals surface area contributed by atoms with Crippen molar-refractivity contribution in [3.8, 4) is 22.1 Å². The van der Waals surface area contributed by atoms with Crippen molar-refractivity contribution in [2.24, 2.45) is 0 Å². The van der Waals surface area contributed by atoms with Crippen LogP contribution < -0.4 is 4.74 Å². The number of benzene rings is 3. The van der Waals surface area contributed by atoms with Crippen molar-refractivity contribution >= 4 is 28.1 Å². The van der Waals surface area contributed by atoms with E-state index < -0.39 is 5.97 Å². The highest BCUT2D eigenvalue weighted by molar-refractivity contribution is 7.13. The number of aromatic nitrogens is 1. The molecule has 0 fully saturated rings. The van der Waals surface area contributed by atoms with Crippen LogP contribution in [-0.4, -0.2) is 16.1 Å². The summed E-state index contributed by atoms with van der Waals surface area (Å²) in [4.78, 5) is 15.0. The van der Waals surface area contributed by atoms with E-state index in [0.717, 1.165) is 16.7 Å². The first-order valence-electron chi connectivity index (χ1n) is 7.65. The van der Waals surface area contributed by atoms with E-state index in [1.54, 1.807) is 0 Å². The third-order valence-electron chi connectivity index (χ3n) is 3.78. The number of ether oxygens (including phenoxy) is 1. The topological polar surface area (TPSA) is 59.4 Å². The Hall–Kier alpha value is -3.18. The molecule has 1 N–H and O–H groups in total. The highest BCUT2D eigenvalue weighted by Gasteiger charge is 2.10. The summed E-state index contributed by atoms with van der Waals surface area (Å²) in [6.07, 6.45) is 0. The molecule has 0 spiro atoms. The summed E-state index contributed by atoms with van der Waals surface area (Å²) in [6, 6.07) is 21.6. The summed E-state index contributed by atoms with van der Waals surface area (Å²) in [7, 11) is 0. The first-order valence-corrected chi connectivity index (χ1v) is 8.53. The lowest BCUT2D eigenvalue weighted by Crippen LogP contribution is -1.95. The number of aromatic carboxylic acids is 1. The molecule has 0 aliphatic heterocycles. The van der Waals surface area contributed by atoms with Gasteiger partial charge in [-0.3, -0.25) is 0 Å². The predicted octanol–water partition coefficient (Wildman–Crippen LogP) is 5.45. The zero-order valence-corrected chi connectivity index (χ0v) is 13.9. The maximum atomic E-state index is 10.9. The minimum atomic E-state index is -1.02. The van der Waals surface area contributed by atoms with Gasteiger partial charge in [-0.05, 0) is 47.2 Å². The van der Waals surface area contributed by atoms with Crippen LogP contribution in [0, 0.1) is 0 Å². The zero-order valence-electron chi connectivity index (χ0n) is 13.0. The summed E-state index contributed by atoms with van der Waals surface area (Å²) >= 11 is 1.31. The van der Waals surface area contributed by atoms with Gasteiger partial charge in [0, 0.05) is 10.9 Å². The van der Waals surface area contributed by atoms with Gasteiger partial charge in [-0.2, -0.15) is 0 Å². The lowest BCUT2D eigenvalue weighted by Gasteiger charge is -2.07. The Balaban J connectivity index is 1.55. The van der Waals surface area contributed by atoms with Crippen LogP contribution in [0.2, 0.25) is 0 Å². The first kappa shape index (κ1) is 15.4. The van der Waals surface area contributed by atoms with Crippen LogP contribution in [0.1, 0.15) is 10.5 Å². The third kappa shape index (κ3) is 3.22. The first-order chi connectivity index (χ1) is 12.2. The van der Waals surface area contributed by atoms with Crippen LogP contribution in [0.25, 0.3) is 21.3 Å². The van der Waals surface area contributed by atoms with Gasteiger partial charge in [0.05, 0.1) is 0 Å². The Labute approximate surface area is 148 Å². The molecule has 25 heavy (non-hydrogen) atoms. The molecule has 0 saturated carbocycles. The van der Waals surface area contributed by atoms with Crippen molar-refractivity contribution in [1.82, 2.24) is 4.98 Å². The smallest absolute Gasteiger partial charge is 0.355 e. The van der Waals surface area contributed by atoms with Crippen molar-refractivity contribution in [1.29, 1.82) is 0 Å². The highest BCUT2D eigenvalue weighted by atomic mass is 32.1. The van der Waals surface area contributed by atoms with Gasteiger partial charge in [-0.25, -0.2) is 9.78 Å². The quantitative estimate of drug-likeness (QED) is 0.533. The van der Waals surface area contributed by atoms with Gasteiger partial charge < -0.3 is 9.84 Å². The number of thiazole rings is 1. The molecule has 4 rings (SSSR count). The molecule has 122 valence electrons. The predicted molar refractivity (Wildman–Crippen MR) is 98.5 cm³/mol. The normalized spacial score (nSPS) is 10.7. The molecular weight excluding hydrogens is 334 g/mol. The fourth-order valence-electron chi connectivity index (χ4n) is 2.54. The van der Waals surface area contributed by atoms with Gasteiger partial charge >= 0.3 is 5.97 Å². The van der Waals surface area contributed by atoms with Crippen molar-refractivity contribution in [2.45, 2.75) is 0 Å². The lowest BCUT2D eigenvalue weighted by molar-refractivity contribution is 0.0691. The largest absolute Gasteiger partial charge is 0.476 e. The Morgan fingerprint density at radius 3 is 2.36 bits per heavy atom. The second-order valence-corrected chi connectivity index (χ2v) is 6.34. The Bertz CT molecular complexity index is 1050. The number of nitrogens with zero attached hydrogens (tertiary/aromatic N) is 1. The molecule has 0 radical (unpaired) electrons. The van der Waals surface area contributed by atoms with E-state index in [0.29, 0.717) is 10.8 Å². The molecule has 1 aromatic heterocycles. The Morgan fingerprint density at radius 1 is 0.920 bits per heavy atom. The number of fused-ring (bicyclic) bond motifs is 1. The average molecular weight is 347 g/mol. The van der Waals surface area contributed by atoms with E-state index in [1.165, 1.54) is 22.1 Å². The van der Waals surface area contributed by atoms with E-state index in [1.807, 2.05) is 60.7 Å². The van der Waals surface area contributed by atoms with E-state index in [2.05, 4.69) is 11.1 Å². The molecule has 5 heteroatoms. The number of rotatable bonds is 4. The Morgan fingerprint density at radius 2 is 1.64 bits per heavy atom. The highest BCUT2D eigenvalue weighted by Crippen LogP contribution is 2.29. The van der Waals surface area contributed by atoms with E-state index >= 15 is 0 Å². The van der Waals surface area contributed by atoms with Crippen LogP contribution in [0.5, 0.6) is 11.5 Å². The third-order valence-corrected chi connectivity index (χ3v) is 4.67. The number of carboxylic acid groups (broad SMARTS) is 1. The molecule has 0 atom stereocenters. The minimum absolute atomic E-state index is 0.0662. The fourth-order valence-corrected chi connectivity index (χ4v) is 3.34. The maximum Gasteiger partial charge on any atom is 0.355 e. The van der Waals surface area contributed by atoms with Crippen LogP contribution in [0.15, 0.2) is 72.1 Å². The monoisotopic (exact) mass is 347 g/mol. The second-order valence-electron chi connectivity index (χ2n) is 5.48. The molecule has 4 aromatic rings. The molecule has 3 aromatic carbocycles. The van der Waals surface area contributed by atoms with Gasteiger partial charge in [-0.1, -0.05) is 30.3 Å². The van der Waals surface area contributed by atoms with Gasteiger partial charge in [0.15, 0.2) is 5.69 Å². The number of hydrogen-bond donors (Lipinski definition) is 1. The molecule has 0 bridgehead atoms. The van der Waals surface area contributed by atoms with Gasteiger partial charge in [0.25, 0.3) is 0 Å². The van der Waals surface area contributed by atoms with Crippen LogP contribution >= 0.6 is 11.3 Å². The lowest BCUT2D eigenvalue weighted by atomic mass is 10.1. The Kier molecular flexibility index (Phi) is 3.91. The fraction of sp³-hybridized carbons (Fsp3) is 0. The maximum absolute atomic E-state index is 10.9. The summed E-state index contributed by atoms with van der Waals surface area (Å²) in [5.74, 6) is 0.474. The summed E-state index contributed by atoms with van der Waals surface area (Å²) in [6.45, 7) is 0. The summed E-state index contributed by atoms with van der Waals surface area (Å²) < 4.78 is 5.91. The second kappa shape index (κ2) is 6.37. The van der Waals surface area contributed by atoms with Gasteiger partial charge in [-0.15, -0.1) is 11.3 Å². The van der Waals surface area contributed by atoms with E-state index in [9.17, 15) is 4.79 Å². The van der Waals surface area contributed by atoms with Crippen LogP contribution in [0.4, 0.5) is 0 Å². The molecule has 0 aliphatic rings. The zero-order chi connectivity index (χ0) is 17.2. The van der Waals surface area contributed by atoms with Gasteiger partial charge in [0.2, 0.25) is 0 Å². The molecule has 1 heterocycles. The standard InChI is InChI=1S/C20H13NO3S/c22-20(23)18-12-25-19(21-18)14-6-8-16(9-7-14)24-17-10-5-13-3-1-2-4-15(13)11-17/h1-12H,(H,22,23). The SMILES string of the molecule is O=C(O)c1csc(-c2ccc(Oc3ccc4ccccc4c3)cc2)n1. The summed E-state index contributed by atoms with van der Waals surface area (Å²) in [5, 5.41) is 13.5. The molecule has 0 amide bonds. The number of hydrogen-bond acceptors (Lipinski definition) is 4.